The van der Waals surface area contributed by atoms with E-state index in [-0.39, 0.29) is 5.84 Å². The summed E-state index contributed by atoms with van der Waals surface area (Å²) in [5, 5.41) is 7.78. The van der Waals surface area contributed by atoms with Crippen LogP contribution >= 0.6 is 15.9 Å². The Morgan fingerprint density at radius 3 is 2.63 bits per heavy atom. The molecule has 1 atom stereocenters. The monoisotopic (exact) mass is 323 g/mol. The molecule has 1 aliphatic heterocycles. The molecule has 0 saturated carbocycles. The minimum absolute atomic E-state index is 0.127. The summed E-state index contributed by atoms with van der Waals surface area (Å²) in [6.07, 6.45) is 1.20. The van der Waals surface area contributed by atoms with Gasteiger partial charge in [0.2, 0.25) is 0 Å². The Hall–Kier alpha value is -1.03. The highest BCUT2D eigenvalue weighted by atomic mass is 79.9. The standard InChI is InChI=1S/C15H22BrN3/c1-15(2,3)10-7-8-19(9-10)12-6-4-5-11(16)13(12)14(17)18/h4-6,10H,7-9H2,1-3H3,(H3,17,18). The third-order valence-corrected chi connectivity index (χ3v) is 4.68. The maximum Gasteiger partial charge on any atom is 0.126 e. The lowest BCUT2D eigenvalue weighted by atomic mass is 9.80. The van der Waals surface area contributed by atoms with Crippen LogP contribution in [-0.2, 0) is 0 Å². The fraction of sp³-hybridized carbons (Fsp3) is 0.533. The first-order valence-corrected chi connectivity index (χ1v) is 7.48. The van der Waals surface area contributed by atoms with Gasteiger partial charge in [-0.1, -0.05) is 26.8 Å². The van der Waals surface area contributed by atoms with Gasteiger partial charge in [0.15, 0.2) is 0 Å². The molecule has 0 bridgehead atoms. The number of rotatable bonds is 2. The largest absolute Gasteiger partial charge is 0.384 e. The average Bonchev–Trinajstić information content (AvgIpc) is 2.76. The van der Waals surface area contributed by atoms with Gasteiger partial charge in [0.25, 0.3) is 0 Å². The summed E-state index contributed by atoms with van der Waals surface area (Å²) in [6, 6.07) is 6.01. The number of hydrogen-bond donors (Lipinski definition) is 2. The molecule has 3 nitrogen and oxygen atoms in total. The summed E-state index contributed by atoms with van der Waals surface area (Å²) >= 11 is 3.50. The van der Waals surface area contributed by atoms with E-state index in [0.717, 1.165) is 28.8 Å². The van der Waals surface area contributed by atoms with E-state index in [1.54, 1.807) is 0 Å². The first-order chi connectivity index (χ1) is 8.80. The van der Waals surface area contributed by atoms with Crippen LogP contribution in [0.25, 0.3) is 0 Å². The number of nitrogens with two attached hydrogens (primary N) is 1. The van der Waals surface area contributed by atoms with E-state index >= 15 is 0 Å². The Bertz CT molecular complexity index is 491. The summed E-state index contributed by atoms with van der Waals surface area (Å²) in [5.41, 5.74) is 7.95. The highest BCUT2D eigenvalue weighted by molar-refractivity contribution is 9.10. The Balaban J connectivity index is 2.30. The molecule has 3 N–H and O–H groups in total. The summed E-state index contributed by atoms with van der Waals surface area (Å²) in [4.78, 5) is 2.36. The normalized spacial score (nSPS) is 19.8. The van der Waals surface area contributed by atoms with Gasteiger partial charge < -0.3 is 10.6 Å². The fourth-order valence-corrected chi connectivity index (χ4v) is 3.30. The number of benzene rings is 1. The molecule has 1 aliphatic rings. The molecule has 1 aromatic rings. The molecule has 1 unspecified atom stereocenters. The van der Waals surface area contributed by atoms with Crippen LogP contribution in [0.15, 0.2) is 22.7 Å². The zero-order valence-electron chi connectivity index (χ0n) is 11.8. The molecular formula is C15H22BrN3. The molecule has 4 heteroatoms. The quantitative estimate of drug-likeness (QED) is 0.645. The van der Waals surface area contributed by atoms with E-state index in [4.69, 9.17) is 11.1 Å². The van der Waals surface area contributed by atoms with Crippen LogP contribution in [0, 0.1) is 16.7 Å². The third-order valence-electron chi connectivity index (χ3n) is 4.01. The number of hydrogen-bond acceptors (Lipinski definition) is 2. The Kier molecular flexibility index (Phi) is 3.90. The average molecular weight is 324 g/mol. The van der Waals surface area contributed by atoms with Gasteiger partial charge in [0.1, 0.15) is 5.84 Å². The van der Waals surface area contributed by atoms with Crippen molar-refractivity contribution in [3.8, 4) is 0 Å². The molecule has 104 valence electrons. The SMILES string of the molecule is CC(C)(C)C1CCN(c2cccc(Br)c2C(=N)N)C1. The lowest BCUT2D eigenvalue weighted by molar-refractivity contribution is 0.263. The molecule has 1 aromatic carbocycles. The second-order valence-electron chi connectivity index (χ2n) is 6.35. The molecule has 0 spiro atoms. The van der Waals surface area contributed by atoms with E-state index in [2.05, 4.69) is 47.7 Å². The van der Waals surface area contributed by atoms with Crippen LogP contribution in [0.4, 0.5) is 5.69 Å². The van der Waals surface area contributed by atoms with Crippen LogP contribution in [0.5, 0.6) is 0 Å². The smallest absolute Gasteiger partial charge is 0.126 e. The number of nitrogens with one attached hydrogen (secondary N) is 1. The van der Waals surface area contributed by atoms with E-state index in [1.165, 1.54) is 6.42 Å². The van der Waals surface area contributed by atoms with Crippen LogP contribution in [0.3, 0.4) is 0 Å². The molecule has 19 heavy (non-hydrogen) atoms. The highest BCUT2D eigenvalue weighted by Gasteiger charge is 2.32. The predicted octanol–water partition coefficient (Wildman–Crippen LogP) is 3.61. The number of amidine groups is 1. The van der Waals surface area contributed by atoms with Crippen LogP contribution in [-0.4, -0.2) is 18.9 Å². The molecule has 0 aliphatic carbocycles. The summed E-state index contributed by atoms with van der Waals surface area (Å²) in [6.45, 7) is 8.98. The van der Waals surface area contributed by atoms with Gasteiger partial charge in [-0.15, -0.1) is 0 Å². The van der Waals surface area contributed by atoms with Crippen molar-refractivity contribution in [1.82, 2.24) is 0 Å². The molecule has 0 amide bonds. The number of halogens is 1. The van der Waals surface area contributed by atoms with Crippen LogP contribution in [0.1, 0.15) is 32.8 Å². The van der Waals surface area contributed by atoms with Gasteiger partial charge in [0, 0.05) is 23.2 Å². The van der Waals surface area contributed by atoms with Crippen molar-refractivity contribution in [3.05, 3.63) is 28.2 Å². The van der Waals surface area contributed by atoms with Gasteiger partial charge in [-0.25, -0.2) is 0 Å². The fourth-order valence-electron chi connectivity index (χ4n) is 2.73. The summed E-state index contributed by atoms with van der Waals surface area (Å²) in [7, 11) is 0. The summed E-state index contributed by atoms with van der Waals surface area (Å²) in [5.74, 6) is 0.813. The van der Waals surface area contributed by atoms with Crippen molar-refractivity contribution in [2.45, 2.75) is 27.2 Å². The van der Waals surface area contributed by atoms with Gasteiger partial charge in [-0.05, 0) is 45.8 Å². The molecule has 1 heterocycles. The van der Waals surface area contributed by atoms with Crippen molar-refractivity contribution >= 4 is 27.5 Å². The molecular weight excluding hydrogens is 302 g/mol. The van der Waals surface area contributed by atoms with E-state index in [0.29, 0.717) is 11.3 Å². The van der Waals surface area contributed by atoms with Crippen molar-refractivity contribution in [2.75, 3.05) is 18.0 Å². The van der Waals surface area contributed by atoms with Gasteiger partial charge in [-0.2, -0.15) is 0 Å². The first kappa shape index (κ1) is 14.4. The van der Waals surface area contributed by atoms with Gasteiger partial charge in [0.05, 0.1) is 5.56 Å². The van der Waals surface area contributed by atoms with E-state index in [9.17, 15) is 0 Å². The minimum atomic E-state index is 0.127. The first-order valence-electron chi connectivity index (χ1n) is 6.68. The van der Waals surface area contributed by atoms with E-state index < -0.39 is 0 Å². The molecule has 1 fully saturated rings. The second-order valence-corrected chi connectivity index (χ2v) is 7.20. The van der Waals surface area contributed by atoms with E-state index in [1.807, 2.05) is 12.1 Å². The number of anilines is 1. The lowest BCUT2D eigenvalue weighted by Gasteiger charge is -2.28. The predicted molar refractivity (Wildman–Crippen MR) is 84.9 cm³/mol. The Morgan fingerprint density at radius 2 is 2.11 bits per heavy atom. The van der Waals surface area contributed by atoms with Crippen molar-refractivity contribution in [1.29, 1.82) is 5.41 Å². The van der Waals surface area contributed by atoms with Crippen molar-refractivity contribution in [3.63, 3.8) is 0 Å². The lowest BCUT2D eigenvalue weighted by Crippen LogP contribution is -2.27. The third kappa shape index (κ3) is 2.94. The highest BCUT2D eigenvalue weighted by Crippen LogP contribution is 2.37. The Morgan fingerprint density at radius 1 is 1.42 bits per heavy atom. The minimum Gasteiger partial charge on any atom is -0.384 e. The number of nitrogens with zero attached hydrogens (tertiary/aromatic N) is 1. The maximum atomic E-state index is 7.78. The topological polar surface area (TPSA) is 53.1 Å². The van der Waals surface area contributed by atoms with Crippen LogP contribution < -0.4 is 10.6 Å². The Labute approximate surface area is 123 Å². The van der Waals surface area contributed by atoms with Crippen molar-refractivity contribution in [2.24, 2.45) is 17.1 Å². The summed E-state index contributed by atoms with van der Waals surface area (Å²) < 4.78 is 0.900. The van der Waals surface area contributed by atoms with Crippen molar-refractivity contribution < 1.29 is 0 Å². The molecule has 0 radical (unpaired) electrons. The zero-order valence-corrected chi connectivity index (χ0v) is 13.4. The second kappa shape index (κ2) is 5.16. The molecule has 1 saturated heterocycles. The van der Waals surface area contributed by atoms with Crippen LogP contribution in [0.2, 0.25) is 0 Å². The van der Waals surface area contributed by atoms with Gasteiger partial charge >= 0.3 is 0 Å². The molecule has 0 aromatic heterocycles. The molecule has 2 rings (SSSR count). The number of nitrogen functional groups attached to an aromatic ring is 1. The zero-order chi connectivity index (χ0) is 14.2. The maximum absolute atomic E-state index is 7.78. The van der Waals surface area contributed by atoms with Gasteiger partial charge in [-0.3, -0.25) is 5.41 Å².